The highest BCUT2D eigenvalue weighted by molar-refractivity contribution is 7.26. The lowest BCUT2D eigenvalue weighted by atomic mass is 9.43. The molecule has 4 bridgehead atoms. The van der Waals surface area contributed by atoms with Gasteiger partial charge in [0.05, 0.1) is 0 Å². The van der Waals surface area contributed by atoms with E-state index < -0.39 is 0 Å². The Morgan fingerprint density at radius 2 is 1.02 bits per heavy atom. The van der Waals surface area contributed by atoms with Crippen molar-refractivity contribution in [2.75, 3.05) is 0 Å². The van der Waals surface area contributed by atoms with E-state index in [2.05, 4.69) is 146 Å². The Bertz CT molecular complexity index is 2940. The van der Waals surface area contributed by atoms with Crippen LogP contribution >= 0.6 is 11.3 Å². The van der Waals surface area contributed by atoms with E-state index in [0.29, 0.717) is 0 Å². The van der Waals surface area contributed by atoms with Crippen molar-refractivity contribution in [1.29, 1.82) is 0 Å². The van der Waals surface area contributed by atoms with Crippen LogP contribution in [0.15, 0.2) is 146 Å². The smallest absolute Gasteiger partial charge is 0.0434 e. The SMILES string of the molecule is c1ccc2c3c(ccc2c1)C1(c2cc(-c4c5ccccc5c(-c5cccc6c5sc5ccccc56)c5ccccc45)ccc2-3)C2CC3CC(C2)CC1C3. The van der Waals surface area contributed by atoms with E-state index in [1.165, 1.54) is 118 Å². The summed E-state index contributed by atoms with van der Waals surface area (Å²) in [6.45, 7) is 0. The van der Waals surface area contributed by atoms with Crippen molar-refractivity contribution in [3.63, 3.8) is 0 Å². The monoisotopic (exact) mass is 694 g/mol. The van der Waals surface area contributed by atoms with E-state index in [0.717, 1.165) is 23.7 Å². The number of thiophene rings is 1. The van der Waals surface area contributed by atoms with Crippen molar-refractivity contribution in [3.8, 4) is 33.4 Å². The van der Waals surface area contributed by atoms with Gasteiger partial charge in [0.25, 0.3) is 0 Å². The first-order valence-corrected chi connectivity index (χ1v) is 20.6. The number of hydrogen-bond donors (Lipinski definition) is 0. The van der Waals surface area contributed by atoms with E-state index in [1.807, 2.05) is 11.3 Å². The van der Waals surface area contributed by atoms with Crippen LogP contribution in [0.1, 0.15) is 43.2 Å². The molecular formula is C52H38S. The molecule has 53 heavy (non-hydrogen) atoms. The Hall–Kier alpha value is -5.24. The first kappa shape index (κ1) is 29.2. The van der Waals surface area contributed by atoms with Gasteiger partial charge in [-0.15, -0.1) is 11.3 Å². The molecule has 1 heteroatoms. The van der Waals surface area contributed by atoms with Crippen LogP contribution in [0.2, 0.25) is 0 Å². The van der Waals surface area contributed by atoms with E-state index in [9.17, 15) is 0 Å². The normalized spacial score (nSPS) is 23.9. The Kier molecular flexibility index (Phi) is 5.77. The summed E-state index contributed by atoms with van der Waals surface area (Å²) in [5.74, 6) is 3.30. The number of rotatable bonds is 2. The summed E-state index contributed by atoms with van der Waals surface area (Å²) in [6, 6.07) is 56.2. The van der Waals surface area contributed by atoms with Crippen molar-refractivity contribution >= 4 is 63.8 Å². The second kappa shape index (κ2) is 10.5. The fraction of sp³-hybridized carbons (Fsp3) is 0.192. The van der Waals surface area contributed by atoms with E-state index in [4.69, 9.17) is 0 Å². The maximum atomic E-state index is 2.70. The molecule has 0 amide bonds. The molecule has 9 aromatic rings. The second-order valence-corrected chi connectivity index (χ2v) is 17.8. The molecular weight excluding hydrogens is 657 g/mol. The summed E-state index contributed by atoms with van der Waals surface area (Å²) in [5, 5.41) is 10.9. The topological polar surface area (TPSA) is 0 Å². The third kappa shape index (κ3) is 3.72. The number of hydrogen-bond acceptors (Lipinski definition) is 1. The van der Waals surface area contributed by atoms with Gasteiger partial charge in [0, 0.05) is 31.2 Å². The van der Waals surface area contributed by atoms with Gasteiger partial charge in [-0.1, -0.05) is 133 Å². The van der Waals surface area contributed by atoms with E-state index >= 15 is 0 Å². The Morgan fingerprint density at radius 3 is 1.74 bits per heavy atom. The lowest BCUT2D eigenvalue weighted by Gasteiger charge is -2.61. The highest BCUT2D eigenvalue weighted by atomic mass is 32.1. The van der Waals surface area contributed by atoms with Crippen LogP contribution in [-0.2, 0) is 5.41 Å². The zero-order valence-electron chi connectivity index (χ0n) is 29.6. The van der Waals surface area contributed by atoms with Gasteiger partial charge < -0.3 is 0 Å². The molecule has 5 aliphatic rings. The van der Waals surface area contributed by atoms with Gasteiger partial charge in [0.15, 0.2) is 0 Å². The van der Waals surface area contributed by atoms with Crippen LogP contribution < -0.4 is 0 Å². The molecule has 0 saturated heterocycles. The molecule has 0 radical (unpaired) electrons. The van der Waals surface area contributed by atoms with Crippen LogP contribution in [0.25, 0.3) is 85.9 Å². The standard InChI is InChI=1S/C52H38S/c1-2-11-36-32(10-1)21-23-45-50(36)43-22-20-33(29-46(43)52(45)34-25-30-24-31(27-34)28-35(52)26-30)48-38-13-3-5-15-40(38)49(41-16-6-4-14-39(41)48)44-18-9-17-42-37-12-7-8-19-47(37)53-51(42)44/h1-23,29-31,34-35H,24-28H2. The van der Waals surface area contributed by atoms with Crippen LogP contribution in [0.5, 0.6) is 0 Å². The molecule has 0 unspecified atom stereocenters. The zero-order chi connectivity index (χ0) is 34.4. The molecule has 1 spiro atoms. The van der Waals surface area contributed by atoms with Gasteiger partial charge in [-0.05, 0) is 139 Å². The largest absolute Gasteiger partial charge is 0.135 e. The summed E-state index contributed by atoms with van der Waals surface area (Å²) in [4.78, 5) is 0. The van der Waals surface area contributed by atoms with E-state index in [-0.39, 0.29) is 5.41 Å². The molecule has 0 nitrogen and oxygen atoms in total. The lowest BCUT2D eigenvalue weighted by Crippen LogP contribution is -2.55. The van der Waals surface area contributed by atoms with Crippen LogP contribution in [0.3, 0.4) is 0 Å². The Labute approximate surface area is 313 Å². The van der Waals surface area contributed by atoms with Crippen molar-refractivity contribution in [2.45, 2.75) is 37.5 Å². The van der Waals surface area contributed by atoms with Crippen LogP contribution in [0, 0.1) is 23.7 Å². The fourth-order valence-corrected chi connectivity index (χ4v) is 14.0. The second-order valence-electron chi connectivity index (χ2n) is 16.8. The van der Waals surface area contributed by atoms with Gasteiger partial charge >= 0.3 is 0 Å². The first-order valence-electron chi connectivity index (χ1n) is 19.8. The maximum absolute atomic E-state index is 2.70. The predicted octanol–water partition coefficient (Wildman–Crippen LogP) is 14.6. The summed E-state index contributed by atoms with van der Waals surface area (Å²) >= 11 is 1.93. The maximum Gasteiger partial charge on any atom is 0.0434 e. The molecule has 4 fully saturated rings. The first-order chi connectivity index (χ1) is 26.3. The molecule has 14 rings (SSSR count). The zero-order valence-corrected chi connectivity index (χ0v) is 30.4. The van der Waals surface area contributed by atoms with E-state index in [1.54, 1.807) is 11.1 Å². The minimum Gasteiger partial charge on any atom is -0.135 e. The van der Waals surface area contributed by atoms with Gasteiger partial charge in [-0.25, -0.2) is 0 Å². The highest BCUT2D eigenvalue weighted by Crippen LogP contribution is 2.70. The third-order valence-electron chi connectivity index (χ3n) is 14.4. The number of benzene rings is 8. The van der Waals surface area contributed by atoms with Gasteiger partial charge in [-0.2, -0.15) is 0 Å². The molecule has 4 saturated carbocycles. The molecule has 5 aliphatic carbocycles. The highest BCUT2D eigenvalue weighted by Gasteiger charge is 2.61. The summed E-state index contributed by atoms with van der Waals surface area (Å²) in [6.07, 6.45) is 7.05. The summed E-state index contributed by atoms with van der Waals surface area (Å²) in [7, 11) is 0. The number of fused-ring (bicyclic) bond motifs is 10. The van der Waals surface area contributed by atoms with Crippen molar-refractivity contribution < 1.29 is 0 Å². The Balaban J connectivity index is 1.11. The molecule has 1 heterocycles. The molecule has 252 valence electrons. The van der Waals surface area contributed by atoms with Crippen LogP contribution in [0.4, 0.5) is 0 Å². The molecule has 1 aromatic heterocycles. The average Bonchev–Trinajstić information content (AvgIpc) is 3.73. The fourth-order valence-electron chi connectivity index (χ4n) is 12.8. The quantitative estimate of drug-likeness (QED) is 0.158. The summed E-state index contributed by atoms with van der Waals surface area (Å²) < 4.78 is 2.73. The molecule has 0 N–H and O–H groups in total. The summed E-state index contributed by atoms with van der Waals surface area (Å²) in [5.41, 5.74) is 11.8. The third-order valence-corrected chi connectivity index (χ3v) is 15.6. The lowest BCUT2D eigenvalue weighted by molar-refractivity contribution is -0.0399. The van der Waals surface area contributed by atoms with Crippen molar-refractivity contribution in [2.24, 2.45) is 23.7 Å². The Morgan fingerprint density at radius 1 is 0.415 bits per heavy atom. The minimum absolute atomic E-state index is 0.112. The molecule has 8 aromatic carbocycles. The van der Waals surface area contributed by atoms with Gasteiger partial charge in [-0.3, -0.25) is 0 Å². The van der Waals surface area contributed by atoms with Crippen molar-refractivity contribution in [3.05, 3.63) is 157 Å². The minimum atomic E-state index is 0.112. The molecule has 0 aliphatic heterocycles. The van der Waals surface area contributed by atoms with Crippen molar-refractivity contribution in [1.82, 2.24) is 0 Å². The molecule has 0 atom stereocenters. The van der Waals surface area contributed by atoms with Crippen LogP contribution in [-0.4, -0.2) is 0 Å². The average molecular weight is 695 g/mol. The van der Waals surface area contributed by atoms with Gasteiger partial charge in [0.2, 0.25) is 0 Å². The van der Waals surface area contributed by atoms with Gasteiger partial charge in [0.1, 0.15) is 0 Å². The predicted molar refractivity (Wildman–Crippen MR) is 226 cm³/mol.